The lowest BCUT2D eigenvalue weighted by atomic mass is 9.87. The van der Waals surface area contributed by atoms with Crippen LogP contribution in [0, 0.1) is 5.92 Å². The molecule has 1 amide bonds. The highest BCUT2D eigenvalue weighted by molar-refractivity contribution is 5.82. The molecule has 0 spiro atoms. The van der Waals surface area contributed by atoms with Gasteiger partial charge in [0.2, 0.25) is 0 Å². The number of amides is 1. The molecule has 32 heavy (non-hydrogen) atoms. The van der Waals surface area contributed by atoms with Gasteiger partial charge in [-0.05, 0) is 75.6 Å². The Hall–Kier alpha value is -2.89. The predicted molar refractivity (Wildman–Crippen MR) is 126 cm³/mol. The number of ether oxygens (including phenoxy) is 2. The molecule has 0 radical (unpaired) electrons. The number of rotatable bonds is 6. The smallest absolute Gasteiger partial charge is 0.410 e. The summed E-state index contributed by atoms with van der Waals surface area (Å²) in [6.07, 6.45) is 7.56. The van der Waals surface area contributed by atoms with Gasteiger partial charge < -0.3 is 14.4 Å². The first-order valence-corrected chi connectivity index (χ1v) is 11.3. The van der Waals surface area contributed by atoms with Crippen LogP contribution in [-0.2, 0) is 14.3 Å². The van der Waals surface area contributed by atoms with Crippen molar-refractivity contribution in [3.8, 4) is 0 Å². The van der Waals surface area contributed by atoms with E-state index in [1.165, 1.54) is 12.7 Å². The summed E-state index contributed by atoms with van der Waals surface area (Å²) in [5, 5.41) is 1.10. The van der Waals surface area contributed by atoms with E-state index in [0.717, 1.165) is 35.7 Å². The number of methoxy groups -OCH3 is 1. The van der Waals surface area contributed by atoms with Gasteiger partial charge in [-0.2, -0.15) is 0 Å². The monoisotopic (exact) mass is 438 g/mol. The van der Waals surface area contributed by atoms with Crippen LogP contribution in [0.2, 0.25) is 0 Å². The zero-order chi connectivity index (χ0) is 23.1. The lowest BCUT2D eigenvalue weighted by Crippen LogP contribution is -2.41. The van der Waals surface area contributed by atoms with Crippen molar-refractivity contribution in [1.29, 1.82) is 0 Å². The number of carbonyl (C=O) groups excluding carboxylic acids is 2. The molecule has 2 aromatic rings. The van der Waals surface area contributed by atoms with Crippen LogP contribution >= 0.6 is 0 Å². The largest absolute Gasteiger partial charge is 0.469 e. The third-order valence-corrected chi connectivity index (χ3v) is 5.70. The Morgan fingerprint density at radius 1 is 1.19 bits per heavy atom. The number of fused-ring (bicyclic) bond motifs is 1. The molecule has 172 valence electrons. The Morgan fingerprint density at radius 3 is 2.59 bits per heavy atom. The Morgan fingerprint density at radius 2 is 1.91 bits per heavy atom. The molecule has 0 aliphatic carbocycles. The number of esters is 1. The Balaban J connectivity index is 1.69. The number of hydrogen-bond acceptors (Lipinski definition) is 5. The number of likely N-dealkylation sites (tertiary alicyclic amines) is 1. The molecule has 6 nitrogen and oxygen atoms in total. The lowest BCUT2D eigenvalue weighted by Gasteiger charge is -2.33. The van der Waals surface area contributed by atoms with E-state index in [4.69, 9.17) is 9.47 Å². The van der Waals surface area contributed by atoms with Gasteiger partial charge in [-0.3, -0.25) is 9.78 Å². The van der Waals surface area contributed by atoms with Gasteiger partial charge in [0.25, 0.3) is 0 Å². The minimum Gasteiger partial charge on any atom is -0.469 e. The quantitative estimate of drug-likeness (QED) is 0.549. The average Bonchev–Trinajstić information content (AvgIpc) is 2.77. The van der Waals surface area contributed by atoms with Crippen LogP contribution in [0.5, 0.6) is 0 Å². The third kappa shape index (κ3) is 6.81. The number of aromatic nitrogens is 1. The van der Waals surface area contributed by atoms with Crippen LogP contribution in [0.3, 0.4) is 0 Å². The molecule has 1 aliphatic rings. The fourth-order valence-electron chi connectivity index (χ4n) is 3.99. The van der Waals surface area contributed by atoms with Gasteiger partial charge in [-0.1, -0.05) is 24.3 Å². The number of piperidine rings is 1. The molecular formula is C26H34N2O4. The first kappa shape index (κ1) is 23.8. The van der Waals surface area contributed by atoms with Crippen molar-refractivity contribution in [2.24, 2.45) is 5.92 Å². The van der Waals surface area contributed by atoms with E-state index in [-0.39, 0.29) is 12.1 Å². The van der Waals surface area contributed by atoms with Gasteiger partial charge >= 0.3 is 12.1 Å². The maximum atomic E-state index is 12.4. The Kier molecular flexibility index (Phi) is 7.89. The summed E-state index contributed by atoms with van der Waals surface area (Å²) < 4.78 is 10.3. The summed E-state index contributed by atoms with van der Waals surface area (Å²) in [5.74, 6) is 0.257. The molecule has 1 saturated heterocycles. The van der Waals surface area contributed by atoms with E-state index in [1.807, 2.05) is 45.2 Å². The molecule has 0 atom stereocenters. The van der Waals surface area contributed by atoms with Gasteiger partial charge in [-0.25, -0.2) is 4.79 Å². The Labute approximate surface area is 190 Å². The fraction of sp³-hybridized carbons (Fsp3) is 0.500. The second kappa shape index (κ2) is 10.6. The summed E-state index contributed by atoms with van der Waals surface area (Å²) in [4.78, 5) is 30.4. The third-order valence-electron chi connectivity index (χ3n) is 5.70. The average molecular weight is 439 g/mol. The summed E-state index contributed by atoms with van der Waals surface area (Å²) >= 11 is 0. The molecule has 1 aromatic carbocycles. The van der Waals surface area contributed by atoms with E-state index >= 15 is 0 Å². The maximum absolute atomic E-state index is 12.4. The molecule has 6 heteroatoms. The first-order chi connectivity index (χ1) is 15.2. The second-order valence-electron chi connectivity index (χ2n) is 9.38. The minimum atomic E-state index is -0.480. The molecular weight excluding hydrogens is 404 g/mol. The number of benzene rings is 1. The first-order valence-electron chi connectivity index (χ1n) is 11.3. The molecule has 1 aromatic heterocycles. The standard InChI is InChI=1S/C26H34N2O4/c1-26(2,3)32-25(30)28-14-12-19(13-15-28)16-20(9-7-11-24(29)31-4)22-17-21-8-5-6-10-23(21)27-18-22/h5-6,8-10,17-19H,7,11-16H2,1-4H3/b20-9-. The van der Waals surface area contributed by atoms with Gasteiger partial charge in [0, 0.05) is 31.1 Å². The number of carbonyl (C=O) groups is 2. The highest BCUT2D eigenvalue weighted by atomic mass is 16.6. The molecule has 1 fully saturated rings. The van der Waals surface area contributed by atoms with Crippen LogP contribution < -0.4 is 0 Å². The summed E-state index contributed by atoms with van der Waals surface area (Å²) in [7, 11) is 1.42. The van der Waals surface area contributed by atoms with Gasteiger partial charge in [-0.15, -0.1) is 0 Å². The van der Waals surface area contributed by atoms with Crippen molar-refractivity contribution >= 4 is 28.5 Å². The number of pyridine rings is 1. The summed E-state index contributed by atoms with van der Waals surface area (Å²) in [6.45, 7) is 7.07. The molecule has 0 saturated carbocycles. The van der Waals surface area contributed by atoms with E-state index in [2.05, 4.69) is 23.2 Å². The zero-order valence-electron chi connectivity index (χ0n) is 19.6. The predicted octanol–water partition coefficient (Wildman–Crippen LogP) is 5.61. The zero-order valence-corrected chi connectivity index (χ0v) is 19.6. The van der Waals surface area contributed by atoms with E-state index in [1.54, 1.807) is 4.90 Å². The van der Waals surface area contributed by atoms with Gasteiger partial charge in [0.15, 0.2) is 0 Å². The number of para-hydroxylation sites is 1. The van der Waals surface area contributed by atoms with Crippen LogP contribution in [-0.4, -0.2) is 47.7 Å². The van der Waals surface area contributed by atoms with Crippen molar-refractivity contribution < 1.29 is 19.1 Å². The van der Waals surface area contributed by atoms with Crippen molar-refractivity contribution in [3.05, 3.63) is 48.2 Å². The summed E-state index contributed by atoms with van der Waals surface area (Å²) in [5.41, 5.74) is 2.77. The van der Waals surface area contributed by atoms with E-state index in [0.29, 0.717) is 31.8 Å². The minimum absolute atomic E-state index is 0.206. The van der Waals surface area contributed by atoms with Crippen LogP contribution in [0.25, 0.3) is 16.5 Å². The Bertz CT molecular complexity index is 969. The topological polar surface area (TPSA) is 68.7 Å². The van der Waals surface area contributed by atoms with Gasteiger partial charge in [0.05, 0.1) is 12.6 Å². The molecule has 0 unspecified atom stereocenters. The summed E-state index contributed by atoms with van der Waals surface area (Å²) in [6, 6.07) is 10.2. The lowest BCUT2D eigenvalue weighted by molar-refractivity contribution is -0.140. The van der Waals surface area contributed by atoms with Crippen molar-refractivity contribution in [1.82, 2.24) is 9.88 Å². The van der Waals surface area contributed by atoms with Crippen molar-refractivity contribution in [3.63, 3.8) is 0 Å². The van der Waals surface area contributed by atoms with Crippen LogP contribution in [0.4, 0.5) is 4.79 Å². The van der Waals surface area contributed by atoms with Crippen molar-refractivity contribution in [2.75, 3.05) is 20.2 Å². The molecule has 2 heterocycles. The normalized spacial score (nSPS) is 15.6. The van der Waals surface area contributed by atoms with Crippen LogP contribution in [0.1, 0.15) is 58.4 Å². The second-order valence-corrected chi connectivity index (χ2v) is 9.38. The van der Waals surface area contributed by atoms with E-state index in [9.17, 15) is 9.59 Å². The molecule has 0 N–H and O–H groups in total. The number of allylic oxidation sites excluding steroid dienone is 2. The molecule has 3 rings (SSSR count). The highest BCUT2D eigenvalue weighted by Gasteiger charge is 2.27. The molecule has 0 bridgehead atoms. The van der Waals surface area contributed by atoms with Crippen molar-refractivity contribution in [2.45, 2.75) is 58.5 Å². The number of hydrogen-bond donors (Lipinski definition) is 0. The van der Waals surface area contributed by atoms with Gasteiger partial charge in [0.1, 0.15) is 5.60 Å². The fourth-order valence-corrected chi connectivity index (χ4v) is 3.99. The SMILES string of the molecule is COC(=O)CC/C=C(/CC1CCN(C(=O)OC(C)(C)C)CC1)c1cnc2ccccc2c1. The number of nitrogens with zero attached hydrogens (tertiary/aromatic N) is 2. The van der Waals surface area contributed by atoms with E-state index < -0.39 is 5.60 Å². The highest BCUT2D eigenvalue weighted by Crippen LogP contribution is 2.31. The molecule has 1 aliphatic heterocycles. The maximum Gasteiger partial charge on any atom is 0.410 e. The van der Waals surface area contributed by atoms with Crippen LogP contribution in [0.15, 0.2) is 42.6 Å².